The second-order valence-electron chi connectivity index (χ2n) is 4.35. The number of nitro groups is 1. The molecule has 0 saturated carbocycles. The number of aliphatic carboxylic acids is 1. The molecule has 11 nitrogen and oxygen atoms in total. The van der Waals surface area contributed by atoms with Crippen LogP contribution in [0.2, 0.25) is 0 Å². The molecule has 0 heterocycles. The lowest BCUT2D eigenvalue weighted by atomic mass is 10.1. The molecule has 0 aromatic carbocycles. The number of hydrogen-bond acceptors (Lipinski definition) is 6. The molecule has 0 fully saturated rings. The van der Waals surface area contributed by atoms with E-state index >= 15 is 0 Å². The SMILES string of the molecule is CCCCOC(=O)N([C@@H](CCCN=C(N)N)C(=O)O)[N+](=O)[O-]. The predicted molar refractivity (Wildman–Crippen MR) is 76.4 cm³/mol. The summed E-state index contributed by atoms with van der Waals surface area (Å²) in [4.78, 5) is 37.4. The van der Waals surface area contributed by atoms with E-state index in [0.717, 1.165) is 6.42 Å². The summed E-state index contributed by atoms with van der Waals surface area (Å²) in [7, 11) is 0. The zero-order valence-corrected chi connectivity index (χ0v) is 12.3. The van der Waals surface area contributed by atoms with Crippen molar-refractivity contribution in [1.82, 2.24) is 5.01 Å². The first-order valence-corrected chi connectivity index (χ1v) is 6.69. The molecule has 0 spiro atoms. The standard InChI is InChI=1S/C11H21N5O6/c1-2-3-7-22-11(19)15(16(20)21)8(9(17)18)5-4-6-14-10(12)13/h8H,2-7H2,1H3,(H,17,18)(H4,12,13,14)/t8-/m0/s1. The number of ether oxygens (including phenoxy) is 1. The summed E-state index contributed by atoms with van der Waals surface area (Å²) in [5.74, 6) is -1.68. The van der Waals surface area contributed by atoms with E-state index in [0.29, 0.717) is 6.42 Å². The highest BCUT2D eigenvalue weighted by atomic mass is 16.7. The van der Waals surface area contributed by atoms with Gasteiger partial charge in [0.05, 0.1) is 6.61 Å². The Morgan fingerprint density at radius 2 is 2.05 bits per heavy atom. The van der Waals surface area contributed by atoms with Gasteiger partial charge in [0.15, 0.2) is 17.0 Å². The fourth-order valence-electron chi connectivity index (χ4n) is 1.52. The van der Waals surface area contributed by atoms with Gasteiger partial charge < -0.3 is 21.3 Å². The van der Waals surface area contributed by atoms with E-state index in [1.807, 2.05) is 6.92 Å². The van der Waals surface area contributed by atoms with Crippen molar-refractivity contribution in [3.8, 4) is 0 Å². The lowest BCUT2D eigenvalue weighted by molar-refractivity contribution is -0.641. The molecule has 5 N–H and O–H groups in total. The fourth-order valence-corrected chi connectivity index (χ4v) is 1.52. The van der Waals surface area contributed by atoms with E-state index in [-0.39, 0.29) is 37.0 Å². The number of amides is 1. The number of carbonyl (C=O) groups excluding carboxylic acids is 1. The number of hydrazine groups is 1. The first kappa shape index (κ1) is 19.4. The van der Waals surface area contributed by atoms with Crippen LogP contribution in [0.25, 0.3) is 0 Å². The number of nitrogens with two attached hydrogens (primary N) is 2. The van der Waals surface area contributed by atoms with Gasteiger partial charge >= 0.3 is 12.1 Å². The van der Waals surface area contributed by atoms with Crippen molar-refractivity contribution in [2.75, 3.05) is 13.2 Å². The molecular weight excluding hydrogens is 298 g/mol. The van der Waals surface area contributed by atoms with Gasteiger partial charge in [-0.2, -0.15) is 0 Å². The quantitative estimate of drug-likeness (QED) is 0.165. The summed E-state index contributed by atoms with van der Waals surface area (Å²) in [6.45, 7) is 1.94. The third-order valence-electron chi connectivity index (χ3n) is 2.60. The van der Waals surface area contributed by atoms with Crippen LogP contribution in [0.15, 0.2) is 4.99 Å². The summed E-state index contributed by atoms with van der Waals surface area (Å²) in [6.07, 6.45) is -0.0727. The summed E-state index contributed by atoms with van der Waals surface area (Å²) >= 11 is 0. The molecule has 0 aromatic rings. The lowest BCUT2D eigenvalue weighted by Crippen LogP contribution is -2.48. The Balaban J connectivity index is 4.80. The van der Waals surface area contributed by atoms with Gasteiger partial charge in [0.2, 0.25) is 0 Å². The van der Waals surface area contributed by atoms with Gasteiger partial charge in [-0.1, -0.05) is 13.3 Å². The number of hydrogen-bond donors (Lipinski definition) is 3. The second kappa shape index (κ2) is 10.2. The van der Waals surface area contributed by atoms with Crippen LogP contribution in [0.4, 0.5) is 4.79 Å². The van der Waals surface area contributed by atoms with E-state index in [1.165, 1.54) is 0 Å². The highest BCUT2D eigenvalue weighted by Gasteiger charge is 2.39. The molecule has 1 atom stereocenters. The van der Waals surface area contributed by atoms with Crippen LogP contribution in [-0.4, -0.2) is 52.4 Å². The molecule has 0 bridgehead atoms. The number of carboxylic acids is 1. The number of nitrogens with zero attached hydrogens (tertiary/aromatic N) is 3. The largest absolute Gasteiger partial charge is 0.480 e. The summed E-state index contributed by atoms with van der Waals surface area (Å²) < 4.78 is 4.70. The zero-order chi connectivity index (χ0) is 17.1. The lowest BCUT2D eigenvalue weighted by Gasteiger charge is -2.18. The maximum atomic E-state index is 11.7. The van der Waals surface area contributed by atoms with Crippen LogP contribution < -0.4 is 11.5 Å². The number of carboxylic acid groups (broad SMARTS) is 1. The number of guanidine groups is 1. The maximum absolute atomic E-state index is 11.7. The Bertz CT molecular complexity index is 423. The van der Waals surface area contributed by atoms with Crippen molar-refractivity contribution in [2.24, 2.45) is 16.5 Å². The maximum Gasteiger partial charge on any atom is 0.469 e. The first-order chi connectivity index (χ1) is 10.3. The van der Waals surface area contributed by atoms with E-state index in [1.54, 1.807) is 0 Å². The number of carbonyl (C=O) groups is 2. The third kappa shape index (κ3) is 7.26. The number of unbranched alkanes of at least 4 members (excludes halogenated alkanes) is 1. The Hall–Kier alpha value is -2.59. The van der Waals surface area contributed by atoms with Crippen molar-refractivity contribution in [2.45, 2.75) is 38.6 Å². The molecule has 0 rings (SSSR count). The molecule has 0 radical (unpaired) electrons. The molecule has 1 amide bonds. The minimum absolute atomic E-state index is 0.0139. The van der Waals surface area contributed by atoms with Gasteiger partial charge in [-0.05, 0) is 24.3 Å². The van der Waals surface area contributed by atoms with E-state index in [2.05, 4.69) is 4.99 Å². The van der Waals surface area contributed by atoms with Gasteiger partial charge in [0, 0.05) is 6.54 Å². The Morgan fingerprint density at radius 1 is 1.41 bits per heavy atom. The highest BCUT2D eigenvalue weighted by Crippen LogP contribution is 2.11. The Kier molecular flexibility index (Phi) is 8.98. The van der Waals surface area contributed by atoms with Crippen molar-refractivity contribution in [3.05, 3.63) is 10.1 Å². The Labute approximate surface area is 127 Å². The highest BCUT2D eigenvalue weighted by molar-refractivity contribution is 5.79. The van der Waals surface area contributed by atoms with Crippen molar-refractivity contribution in [3.63, 3.8) is 0 Å². The topological polar surface area (TPSA) is 174 Å². The van der Waals surface area contributed by atoms with Gasteiger partial charge in [-0.3, -0.25) is 4.99 Å². The van der Waals surface area contributed by atoms with Gasteiger partial charge in [-0.15, -0.1) is 0 Å². The molecule has 0 saturated heterocycles. The van der Waals surface area contributed by atoms with Crippen molar-refractivity contribution >= 4 is 18.0 Å². The predicted octanol–water partition coefficient (Wildman–Crippen LogP) is -0.0764. The van der Waals surface area contributed by atoms with E-state index in [4.69, 9.17) is 21.3 Å². The molecular formula is C11H21N5O6. The van der Waals surface area contributed by atoms with Gasteiger partial charge in [-0.25, -0.2) is 19.7 Å². The van der Waals surface area contributed by atoms with Crippen molar-refractivity contribution in [1.29, 1.82) is 0 Å². The third-order valence-corrected chi connectivity index (χ3v) is 2.60. The van der Waals surface area contributed by atoms with Gasteiger partial charge in [0.25, 0.3) is 0 Å². The molecule has 0 aliphatic carbocycles. The summed E-state index contributed by atoms with van der Waals surface area (Å²) in [5.41, 5.74) is 10.2. The molecule has 126 valence electrons. The van der Waals surface area contributed by atoms with Crippen molar-refractivity contribution < 1.29 is 24.5 Å². The Morgan fingerprint density at radius 3 is 2.50 bits per heavy atom. The second-order valence-corrected chi connectivity index (χ2v) is 4.35. The summed E-state index contributed by atoms with van der Waals surface area (Å²) in [6, 6.07) is -1.65. The molecule has 0 aromatic heterocycles. The minimum atomic E-state index is -1.65. The summed E-state index contributed by atoms with van der Waals surface area (Å²) in [5, 5.41) is 18.9. The molecule has 0 unspecified atom stereocenters. The van der Waals surface area contributed by atoms with Crippen LogP contribution in [0, 0.1) is 10.1 Å². The zero-order valence-electron chi connectivity index (χ0n) is 12.3. The molecule has 11 heteroatoms. The smallest absolute Gasteiger partial charge is 0.469 e. The van der Waals surface area contributed by atoms with Crippen LogP contribution in [-0.2, 0) is 9.53 Å². The van der Waals surface area contributed by atoms with Crippen LogP contribution in [0.1, 0.15) is 32.6 Å². The fraction of sp³-hybridized carbons (Fsp3) is 0.727. The minimum Gasteiger partial charge on any atom is -0.480 e. The molecule has 0 aliphatic rings. The average molecular weight is 319 g/mol. The van der Waals surface area contributed by atoms with Crippen LogP contribution in [0.5, 0.6) is 0 Å². The monoisotopic (exact) mass is 319 g/mol. The first-order valence-electron chi connectivity index (χ1n) is 6.69. The normalized spacial score (nSPS) is 11.3. The van der Waals surface area contributed by atoms with Crippen LogP contribution in [0.3, 0.4) is 0 Å². The average Bonchev–Trinajstić information content (AvgIpc) is 2.41. The van der Waals surface area contributed by atoms with Crippen LogP contribution >= 0.6 is 0 Å². The number of aliphatic imine (C=N–C) groups is 1. The van der Waals surface area contributed by atoms with E-state index < -0.39 is 23.1 Å². The van der Waals surface area contributed by atoms with Gasteiger partial charge in [0.1, 0.15) is 0 Å². The molecule has 0 aliphatic heterocycles. The number of rotatable bonds is 10. The van der Waals surface area contributed by atoms with E-state index in [9.17, 15) is 19.7 Å². The molecule has 22 heavy (non-hydrogen) atoms.